The molecule has 21 heteroatoms. The molecule has 0 bridgehead atoms. The molecule has 0 aliphatic carbocycles. The van der Waals surface area contributed by atoms with Crippen molar-refractivity contribution in [3.8, 4) is 42.8 Å². The number of para-hydroxylation sites is 4. The van der Waals surface area contributed by atoms with Crippen molar-refractivity contribution in [1.82, 2.24) is 29.9 Å². The third kappa shape index (κ3) is 14.2. The van der Waals surface area contributed by atoms with Crippen molar-refractivity contribution in [3.05, 3.63) is 142 Å². The van der Waals surface area contributed by atoms with Gasteiger partial charge in [-0.05, 0) is 60.7 Å². The van der Waals surface area contributed by atoms with Gasteiger partial charge < -0.3 is 9.97 Å². The number of nitrogens with zero attached hydrogens (tertiary/aromatic N) is 5. The normalized spacial score (nSPS) is 11.0. The molecule has 0 amide bonds. The minimum atomic E-state index is -3.06. The van der Waals surface area contributed by atoms with Crippen LogP contribution in [0.4, 0.5) is 0 Å². The van der Waals surface area contributed by atoms with E-state index in [1.165, 1.54) is 98.0 Å². The fourth-order valence-electron chi connectivity index (χ4n) is 5.44. The number of pyridine rings is 2. The number of fused-ring (bicyclic) bond motifs is 4. The zero-order valence-corrected chi connectivity index (χ0v) is 48.1. The quantitative estimate of drug-likeness (QED) is 0.175. The zero-order valence-electron chi connectivity index (χ0n) is 30.3. The monoisotopic (exact) mass is 1380 g/mol. The van der Waals surface area contributed by atoms with Crippen LogP contribution in [-0.4, -0.2) is 88.1 Å². The van der Waals surface area contributed by atoms with E-state index in [0.717, 1.165) is 72.3 Å². The summed E-state index contributed by atoms with van der Waals surface area (Å²) < 4.78 is 4.36. The summed E-state index contributed by atoms with van der Waals surface area (Å²) in [7, 11) is 24.6. The van der Waals surface area contributed by atoms with E-state index in [9.17, 15) is 9.59 Å². The van der Waals surface area contributed by atoms with Crippen LogP contribution in [0.1, 0.15) is 7.43 Å². The van der Waals surface area contributed by atoms with Crippen LogP contribution < -0.4 is 15.8 Å². The molecule has 4 aromatic carbocycles. The van der Waals surface area contributed by atoms with Gasteiger partial charge in [0.1, 0.15) is 20.0 Å². The molecular weight excluding hydrogens is 1360 g/mol. The number of aromatic amines is 1. The first-order valence-electron chi connectivity index (χ1n) is 17.0. The van der Waals surface area contributed by atoms with Crippen LogP contribution in [0.5, 0.6) is 0 Å². The molecule has 0 aliphatic heterocycles. The molecule has 10 rings (SSSR count). The first-order chi connectivity index (χ1) is 28.5. The van der Waals surface area contributed by atoms with Gasteiger partial charge in [0.05, 0.1) is 52.3 Å². The van der Waals surface area contributed by atoms with Gasteiger partial charge in [-0.15, -0.1) is 45.3 Å². The van der Waals surface area contributed by atoms with Crippen molar-refractivity contribution >= 4 is 196 Å². The van der Waals surface area contributed by atoms with Crippen molar-refractivity contribution in [1.29, 1.82) is 0 Å². The second-order valence-corrected chi connectivity index (χ2v) is 35.3. The van der Waals surface area contributed by atoms with E-state index < -0.39 is 11.9 Å². The number of benzene rings is 4. The van der Waals surface area contributed by atoms with Gasteiger partial charge in [-0.1, -0.05) is 67.3 Å². The SMILES string of the molecule is C.O=c1cc(-c2nc3ccccc3s2)[n-]c(-c2nc3ccccc3s2)c1.O=c1cc(-c2nc3ccccc3s2)[nH]c(-c2nc3ccccc3s2)c1.[Cl][Pt+].[Cl][Pt]([Cl])([Cl])[Cl].[K][K]. The van der Waals surface area contributed by atoms with Crippen LogP contribution in [0.15, 0.2) is 131 Å². The Labute approximate surface area is 439 Å². The average molecular weight is 1380 g/mol. The summed E-state index contributed by atoms with van der Waals surface area (Å²) in [6.45, 7) is 0. The number of aromatic nitrogens is 6. The van der Waals surface area contributed by atoms with Gasteiger partial charge in [-0.2, -0.15) is 0 Å². The fourth-order valence-corrected chi connectivity index (χ4v) is 9.16. The van der Waals surface area contributed by atoms with Crippen molar-refractivity contribution in [2.75, 3.05) is 0 Å². The molecule has 60 heavy (non-hydrogen) atoms. The first-order valence-corrected chi connectivity index (χ1v) is 50.3. The third-order valence-corrected chi connectivity index (χ3v) is 12.0. The Morgan fingerprint density at radius 2 is 0.767 bits per heavy atom. The molecule has 1 N–H and O–H groups in total. The van der Waals surface area contributed by atoms with Crippen molar-refractivity contribution in [2.45, 2.75) is 7.43 Å². The maximum atomic E-state index is 12.2. The molecule has 6 aromatic heterocycles. The molecule has 6 heterocycles. The zero-order chi connectivity index (χ0) is 42.1. The van der Waals surface area contributed by atoms with E-state index in [-0.39, 0.29) is 18.3 Å². The molecule has 0 atom stereocenters. The Morgan fingerprint density at radius 1 is 0.500 bits per heavy atom. The number of thiazole rings is 4. The summed E-state index contributed by atoms with van der Waals surface area (Å²) in [5.41, 5.74) is 6.23. The summed E-state index contributed by atoms with van der Waals surface area (Å²) in [4.78, 5) is 50.9. The summed E-state index contributed by atoms with van der Waals surface area (Å²) in [6, 6.07) is 38.0. The summed E-state index contributed by atoms with van der Waals surface area (Å²) >= 11 is 7.27. The van der Waals surface area contributed by atoms with Gasteiger partial charge in [-0.25, -0.2) is 19.9 Å². The van der Waals surface area contributed by atoms with Gasteiger partial charge in [0.2, 0.25) is 0 Å². The first kappa shape index (κ1) is 51.4. The van der Waals surface area contributed by atoms with Crippen molar-refractivity contribution in [3.63, 3.8) is 0 Å². The summed E-state index contributed by atoms with van der Waals surface area (Å²) in [5, 5.41) is 3.12. The number of rotatable bonds is 4. The van der Waals surface area contributed by atoms with Crippen LogP contribution in [-0.2, 0) is 30.7 Å². The van der Waals surface area contributed by atoms with Gasteiger partial charge in [0, 0.05) is 12.1 Å². The van der Waals surface area contributed by atoms with E-state index in [4.69, 9.17) is 37.7 Å². The van der Waals surface area contributed by atoms with E-state index in [2.05, 4.69) is 39.3 Å². The fraction of sp³-hybridized carbons (Fsp3) is 0.0256. The van der Waals surface area contributed by atoms with E-state index in [1.807, 2.05) is 97.1 Å². The standard InChI is InChI=1S/2C19H11N3OS2.CH4.5ClH.2K.2Pt/c2*23-11-9-14(18-21-12-5-1-3-7-16(12)24-18)20-15(10-11)19-22-13-6-2-4-8-17(13)25-19;;;;;;;;;;/h2*1-10H,(H,20,23);1H4;5*1H;;;;/q;;;;;;;;;;+2;+4/p-6. The average Bonchev–Trinajstić information content (AvgIpc) is 4.06. The van der Waals surface area contributed by atoms with Gasteiger partial charge in [-0.3, -0.25) is 9.59 Å². The number of halogens is 5. The van der Waals surface area contributed by atoms with Crippen LogP contribution in [0, 0.1) is 0 Å². The number of H-pyrrole nitrogens is 1. The Kier molecular flexibility index (Phi) is 21.3. The Hall–Kier alpha value is 0.439. The second kappa shape index (κ2) is 24.8. The van der Waals surface area contributed by atoms with Crippen LogP contribution in [0.2, 0.25) is 0 Å². The molecule has 0 radical (unpaired) electrons. The summed E-state index contributed by atoms with van der Waals surface area (Å²) in [5.74, 6) is 0. The van der Waals surface area contributed by atoms with Crippen LogP contribution in [0.25, 0.3) is 83.7 Å². The van der Waals surface area contributed by atoms with Gasteiger partial charge in [0.15, 0.2) is 10.9 Å². The molecule has 8 nitrogen and oxygen atoms in total. The Morgan fingerprint density at radius 3 is 1.08 bits per heavy atom. The number of hydrogen-bond acceptors (Lipinski definition) is 10. The molecule has 0 spiro atoms. The van der Waals surface area contributed by atoms with E-state index >= 15 is 0 Å². The molecule has 0 aliphatic rings. The Bertz CT molecular complexity index is 2590. The molecular formula is C39H25Cl5K2N6O2Pt2S4. The Balaban J connectivity index is 0.000000188. The van der Waals surface area contributed by atoms with E-state index in [1.54, 1.807) is 53.6 Å². The maximum absolute atomic E-state index is 12.2. The second-order valence-electron chi connectivity index (χ2n) is 11.4. The predicted octanol–water partition coefficient (Wildman–Crippen LogP) is 12.8. The molecule has 0 fully saturated rings. The van der Waals surface area contributed by atoms with Gasteiger partial charge in [0.25, 0.3) is 0 Å². The predicted molar refractivity (Wildman–Crippen MR) is 255 cm³/mol. The third-order valence-electron chi connectivity index (χ3n) is 7.72. The van der Waals surface area contributed by atoms with Crippen LogP contribution >= 0.6 is 92.4 Å². The molecule has 0 saturated carbocycles. The summed E-state index contributed by atoms with van der Waals surface area (Å²) in [6.07, 6.45) is 0. The molecule has 0 saturated heterocycles. The van der Waals surface area contributed by atoms with Gasteiger partial charge >= 0.3 is 141 Å². The minimum absolute atomic E-state index is 0. The number of hydrogen-bond donors (Lipinski definition) is 1. The topological polar surface area (TPSA) is 116 Å². The van der Waals surface area contributed by atoms with Crippen molar-refractivity contribution < 1.29 is 30.7 Å². The number of nitrogens with one attached hydrogen (secondary N) is 1. The molecule has 10 aromatic rings. The molecule has 304 valence electrons. The van der Waals surface area contributed by atoms with Crippen molar-refractivity contribution in [2.24, 2.45) is 0 Å². The molecule has 0 unspecified atom stereocenters. The van der Waals surface area contributed by atoms with Crippen LogP contribution in [0.3, 0.4) is 0 Å². The van der Waals surface area contributed by atoms with E-state index in [0.29, 0.717) is 11.4 Å².